The molecule has 6 rings (SSSR count). The van der Waals surface area contributed by atoms with Crippen LogP contribution in [-0.4, -0.2) is 39.0 Å². The highest BCUT2D eigenvalue weighted by molar-refractivity contribution is 5.96. The molecule has 2 bridgehead atoms. The molecule has 1 aliphatic carbocycles. The van der Waals surface area contributed by atoms with Gasteiger partial charge in [0.15, 0.2) is 5.78 Å². The maximum Gasteiger partial charge on any atom is 0.387 e. The van der Waals surface area contributed by atoms with Gasteiger partial charge in [0.25, 0.3) is 6.43 Å². The monoisotopic (exact) mass is 449 g/mol. The van der Waals surface area contributed by atoms with E-state index in [0.29, 0.717) is 12.3 Å². The third-order valence-electron chi connectivity index (χ3n) is 6.14. The normalized spacial score (nSPS) is 24.3. The Hall–Kier alpha value is -3.01. The fourth-order valence-corrected chi connectivity index (χ4v) is 4.80. The average Bonchev–Trinajstić information content (AvgIpc) is 3.38. The minimum atomic E-state index is -3.10. The zero-order chi connectivity index (χ0) is 22.7. The number of pyridine rings is 2. The predicted octanol–water partition coefficient (Wildman–Crippen LogP) is 4.51. The van der Waals surface area contributed by atoms with Crippen LogP contribution in [-0.2, 0) is 16.6 Å². The average molecular weight is 449 g/mol. The highest BCUT2D eigenvalue weighted by Gasteiger charge is 2.61. The molecule has 0 amide bonds. The standard InChI is InChI=1S/C22H19F4N3O3/c1-21-9-22(10-21,11-31-21)17-8-29-7-12(16(32-20(25)26)6-18(29)28-17)5-15(30)13-3-2-4-14(27-13)19(23)24/h2-4,6-8,19-20H,5,9-11H2,1H3. The summed E-state index contributed by atoms with van der Waals surface area (Å²) in [7, 11) is 0. The van der Waals surface area contributed by atoms with E-state index in [-0.39, 0.29) is 34.4 Å². The van der Waals surface area contributed by atoms with E-state index >= 15 is 0 Å². The van der Waals surface area contributed by atoms with Gasteiger partial charge >= 0.3 is 6.61 Å². The first-order valence-electron chi connectivity index (χ1n) is 10.1. The Labute approximate surface area is 180 Å². The molecule has 6 nitrogen and oxygen atoms in total. The molecule has 3 aromatic rings. The SMILES string of the molecule is CC12CC(c3cn4cc(CC(=O)c5cccc(C(F)F)n5)c(OC(F)F)cc4n3)(CO1)C2. The highest BCUT2D eigenvalue weighted by Crippen LogP contribution is 2.58. The van der Waals surface area contributed by atoms with Crippen LogP contribution >= 0.6 is 0 Å². The maximum absolute atomic E-state index is 13.0. The van der Waals surface area contributed by atoms with Crippen molar-refractivity contribution in [3.63, 3.8) is 0 Å². The van der Waals surface area contributed by atoms with Crippen molar-refractivity contribution in [1.82, 2.24) is 14.4 Å². The van der Waals surface area contributed by atoms with E-state index in [1.165, 1.54) is 24.4 Å². The van der Waals surface area contributed by atoms with Crippen molar-refractivity contribution in [2.45, 2.75) is 50.2 Å². The highest BCUT2D eigenvalue weighted by atomic mass is 19.3. The molecule has 3 fully saturated rings. The van der Waals surface area contributed by atoms with E-state index in [1.807, 2.05) is 6.92 Å². The largest absolute Gasteiger partial charge is 0.434 e. The van der Waals surface area contributed by atoms with Crippen LogP contribution in [0.25, 0.3) is 5.65 Å². The number of carbonyl (C=O) groups is 1. The fourth-order valence-electron chi connectivity index (χ4n) is 4.80. The van der Waals surface area contributed by atoms with Gasteiger partial charge in [-0.25, -0.2) is 18.7 Å². The van der Waals surface area contributed by atoms with Gasteiger partial charge in [0.05, 0.1) is 17.9 Å². The first-order valence-corrected chi connectivity index (χ1v) is 10.1. The number of imidazole rings is 1. The van der Waals surface area contributed by atoms with E-state index < -0.39 is 24.5 Å². The molecule has 168 valence electrons. The molecule has 3 aromatic heterocycles. The van der Waals surface area contributed by atoms with Crippen LogP contribution in [0.15, 0.2) is 36.7 Å². The van der Waals surface area contributed by atoms with E-state index in [2.05, 4.69) is 14.7 Å². The van der Waals surface area contributed by atoms with Crippen LogP contribution in [0, 0.1) is 0 Å². The first-order chi connectivity index (χ1) is 15.2. The number of ketones is 1. The summed E-state index contributed by atoms with van der Waals surface area (Å²) in [6.45, 7) is -0.510. The summed E-state index contributed by atoms with van der Waals surface area (Å²) in [5.74, 6) is -0.787. The number of nitrogens with zero attached hydrogens (tertiary/aromatic N) is 3. The molecule has 0 atom stereocenters. The Balaban J connectivity index is 1.48. The van der Waals surface area contributed by atoms with Crippen molar-refractivity contribution < 1.29 is 31.8 Å². The molecule has 0 spiro atoms. The van der Waals surface area contributed by atoms with Crippen LogP contribution in [0.3, 0.4) is 0 Å². The Bertz CT molecular complexity index is 1200. The van der Waals surface area contributed by atoms with Crippen LogP contribution in [0.4, 0.5) is 17.6 Å². The Morgan fingerprint density at radius 3 is 2.66 bits per heavy atom. The number of carbonyl (C=O) groups excluding carboxylic acids is 1. The molecular formula is C22H19F4N3O3. The topological polar surface area (TPSA) is 65.7 Å². The molecule has 10 heteroatoms. The van der Waals surface area contributed by atoms with Crippen molar-refractivity contribution in [3.8, 4) is 5.75 Å². The summed E-state index contributed by atoms with van der Waals surface area (Å²) >= 11 is 0. The van der Waals surface area contributed by atoms with Crippen molar-refractivity contribution in [2.75, 3.05) is 6.61 Å². The summed E-state index contributed by atoms with van der Waals surface area (Å²) < 4.78 is 64.0. The summed E-state index contributed by atoms with van der Waals surface area (Å²) in [4.78, 5) is 20.9. The van der Waals surface area contributed by atoms with Crippen molar-refractivity contribution in [1.29, 1.82) is 0 Å². The molecule has 0 radical (unpaired) electrons. The quantitative estimate of drug-likeness (QED) is 0.392. The minimum absolute atomic E-state index is 0.142. The van der Waals surface area contributed by atoms with Gasteiger partial charge in [-0.1, -0.05) is 6.07 Å². The van der Waals surface area contributed by atoms with Crippen LogP contribution in [0.1, 0.15) is 53.6 Å². The summed E-state index contributed by atoms with van der Waals surface area (Å²) in [5.41, 5.74) is 0.338. The van der Waals surface area contributed by atoms with Gasteiger partial charge in [0.2, 0.25) is 0 Å². The third-order valence-corrected chi connectivity index (χ3v) is 6.14. The Kier molecular flexibility index (Phi) is 4.74. The second-order valence-corrected chi connectivity index (χ2v) is 8.65. The summed E-state index contributed by atoms with van der Waals surface area (Å²) in [5, 5.41) is 0. The smallest absolute Gasteiger partial charge is 0.387 e. The second-order valence-electron chi connectivity index (χ2n) is 8.65. The molecule has 1 saturated carbocycles. The fraction of sp³-hybridized carbons (Fsp3) is 0.409. The molecule has 0 unspecified atom stereocenters. The summed E-state index contributed by atoms with van der Waals surface area (Å²) in [6.07, 6.45) is 1.80. The first kappa shape index (κ1) is 20.9. The molecule has 0 aromatic carbocycles. The van der Waals surface area contributed by atoms with Crippen LogP contribution < -0.4 is 4.74 Å². The lowest BCUT2D eigenvalue weighted by Crippen LogP contribution is -2.45. The second kappa shape index (κ2) is 7.26. The number of rotatable bonds is 7. The van der Waals surface area contributed by atoms with Crippen LogP contribution in [0.2, 0.25) is 0 Å². The number of ether oxygens (including phenoxy) is 2. The van der Waals surface area contributed by atoms with Gasteiger partial charge in [-0.15, -0.1) is 0 Å². The molecule has 2 aliphatic heterocycles. The minimum Gasteiger partial charge on any atom is -0.434 e. The Morgan fingerprint density at radius 2 is 2.00 bits per heavy atom. The summed E-state index contributed by atoms with van der Waals surface area (Å²) in [6, 6.07) is 5.08. The lowest BCUT2D eigenvalue weighted by molar-refractivity contribution is -0.0504. The van der Waals surface area contributed by atoms with Gasteiger partial charge in [0.1, 0.15) is 22.8 Å². The third kappa shape index (κ3) is 3.52. The van der Waals surface area contributed by atoms with E-state index in [9.17, 15) is 22.4 Å². The zero-order valence-electron chi connectivity index (χ0n) is 17.0. The Morgan fingerprint density at radius 1 is 1.22 bits per heavy atom. The number of hydrogen-bond acceptors (Lipinski definition) is 5. The molecule has 5 heterocycles. The number of alkyl halides is 4. The number of aromatic nitrogens is 3. The van der Waals surface area contributed by atoms with Gasteiger partial charge < -0.3 is 13.9 Å². The van der Waals surface area contributed by atoms with Crippen molar-refractivity contribution >= 4 is 11.4 Å². The number of Topliss-reactive ketones (excluding diaryl/α,β-unsaturated/α-hetero) is 1. The lowest BCUT2D eigenvalue weighted by Gasteiger charge is -2.41. The van der Waals surface area contributed by atoms with E-state index in [0.717, 1.165) is 24.6 Å². The number of hydrogen-bond donors (Lipinski definition) is 0. The molecule has 32 heavy (non-hydrogen) atoms. The van der Waals surface area contributed by atoms with Gasteiger partial charge in [0, 0.05) is 35.9 Å². The molecular weight excluding hydrogens is 430 g/mol. The molecule has 3 aliphatic rings. The predicted molar refractivity (Wildman–Crippen MR) is 104 cm³/mol. The van der Waals surface area contributed by atoms with Gasteiger partial charge in [-0.05, 0) is 31.9 Å². The van der Waals surface area contributed by atoms with Gasteiger partial charge in [-0.3, -0.25) is 4.79 Å². The van der Waals surface area contributed by atoms with E-state index in [1.54, 1.807) is 10.6 Å². The van der Waals surface area contributed by atoms with Gasteiger partial charge in [-0.2, -0.15) is 8.78 Å². The number of fused-ring (bicyclic) bond motifs is 2. The molecule has 0 N–H and O–H groups in total. The molecule has 2 saturated heterocycles. The lowest BCUT2D eigenvalue weighted by atomic mass is 9.62. The van der Waals surface area contributed by atoms with Crippen molar-refractivity contribution in [3.05, 3.63) is 59.3 Å². The van der Waals surface area contributed by atoms with Crippen molar-refractivity contribution in [2.24, 2.45) is 0 Å². The van der Waals surface area contributed by atoms with E-state index in [4.69, 9.17) is 4.74 Å². The van der Waals surface area contributed by atoms with Crippen LogP contribution in [0.5, 0.6) is 5.75 Å². The maximum atomic E-state index is 13.0. The number of halogens is 4. The zero-order valence-corrected chi connectivity index (χ0v) is 17.0.